The molecule has 0 amide bonds. The molecular weight excluding hydrogens is 310 g/mol. The van der Waals surface area contributed by atoms with Crippen molar-refractivity contribution >= 4 is 26.7 Å². The Bertz CT molecular complexity index is 983. The standard InChI is InChI=1S/C18H19NO3S/c1-11-5-7-15(8-6-11)23(20,21)19-17-9-12(2)18-16(14(17)4)10-13(3)22-18/h5-10,19H,1-4H3. The fourth-order valence-electron chi connectivity index (χ4n) is 2.65. The Kier molecular flexibility index (Phi) is 3.68. The maximum absolute atomic E-state index is 12.6. The van der Waals surface area contributed by atoms with Gasteiger partial charge in [-0.15, -0.1) is 0 Å². The van der Waals surface area contributed by atoms with Crippen LogP contribution in [0.2, 0.25) is 0 Å². The third kappa shape index (κ3) is 2.84. The summed E-state index contributed by atoms with van der Waals surface area (Å²) in [6, 6.07) is 10.5. The predicted octanol–water partition coefficient (Wildman–Crippen LogP) is 4.47. The molecule has 4 nitrogen and oxygen atoms in total. The highest BCUT2D eigenvalue weighted by Crippen LogP contribution is 2.32. The van der Waals surface area contributed by atoms with Crippen LogP contribution in [0.25, 0.3) is 11.0 Å². The molecule has 5 heteroatoms. The molecule has 0 saturated carbocycles. The van der Waals surface area contributed by atoms with Crippen LogP contribution in [0, 0.1) is 27.7 Å². The molecule has 120 valence electrons. The molecule has 0 fully saturated rings. The number of rotatable bonds is 3. The van der Waals surface area contributed by atoms with E-state index in [9.17, 15) is 8.42 Å². The zero-order valence-corrected chi connectivity index (χ0v) is 14.4. The van der Waals surface area contributed by atoms with Gasteiger partial charge < -0.3 is 4.42 Å². The van der Waals surface area contributed by atoms with Crippen LogP contribution >= 0.6 is 0 Å². The van der Waals surface area contributed by atoms with Gasteiger partial charge in [0.2, 0.25) is 0 Å². The second kappa shape index (κ2) is 5.42. The van der Waals surface area contributed by atoms with E-state index in [2.05, 4.69) is 4.72 Å². The van der Waals surface area contributed by atoms with Crippen molar-refractivity contribution in [2.75, 3.05) is 4.72 Å². The molecule has 0 aliphatic rings. The predicted molar refractivity (Wildman–Crippen MR) is 92.4 cm³/mol. The van der Waals surface area contributed by atoms with Crippen LogP contribution in [0.1, 0.15) is 22.5 Å². The molecule has 0 unspecified atom stereocenters. The van der Waals surface area contributed by atoms with Gasteiger partial charge >= 0.3 is 0 Å². The van der Waals surface area contributed by atoms with Crippen LogP contribution in [0.15, 0.2) is 45.7 Å². The number of fused-ring (bicyclic) bond motifs is 1. The SMILES string of the molecule is Cc1ccc(S(=O)(=O)Nc2cc(C)c3oc(C)cc3c2C)cc1. The number of anilines is 1. The maximum atomic E-state index is 12.6. The maximum Gasteiger partial charge on any atom is 0.261 e. The summed E-state index contributed by atoms with van der Waals surface area (Å²) in [6.07, 6.45) is 0. The van der Waals surface area contributed by atoms with E-state index < -0.39 is 10.0 Å². The lowest BCUT2D eigenvalue weighted by Gasteiger charge is -2.12. The molecule has 2 aromatic carbocycles. The highest BCUT2D eigenvalue weighted by Gasteiger charge is 2.18. The molecule has 1 aromatic heterocycles. The lowest BCUT2D eigenvalue weighted by molar-refractivity contribution is 0.576. The van der Waals surface area contributed by atoms with E-state index in [1.807, 2.05) is 39.8 Å². The largest absolute Gasteiger partial charge is 0.461 e. The highest BCUT2D eigenvalue weighted by molar-refractivity contribution is 7.92. The number of hydrogen-bond donors (Lipinski definition) is 1. The fraction of sp³-hybridized carbons (Fsp3) is 0.222. The van der Waals surface area contributed by atoms with Gasteiger partial charge in [-0.1, -0.05) is 17.7 Å². The average Bonchev–Trinajstić information content (AvgIpc) is 2.87. The molecule has 0 saturated heterocycles. The van der Waals surface area contributed by atoms with Crippen LogP contribution in [-0.4, -0.2) is 8.42 Å². The Hall–Kier alpha value is -2.27. The van der Waals surface area contributed by atoms with E-state index >= 15 is 0 Å². The average molecular weight is 329 g/mol. The van der Waals surface area contributed by atoms with Crippen molar-refractivity contribution in [2.45, 2.75) is 32.6 Å². The molecule has 0 aliphatic heterocycles. The summed E-state index contributed by atoms with van der Waals surface area (Å²) < 4.78 is 33.5. The zero-order chi connectivity index (χ0) is 16.8. The van der Waals surface area contributed by atoms with Gasteiger partial charge in [0.05, 0.1) is 10.6 Å². The van der Waals surface area contributed by atoms with Crippen molar-refractivity contribution in [3.05, 3.63) is 58.8 Å². The van der Waals surface area contributed by atoms with Gasteiger partial charge in [0, 0.05) is 5.39 Å². The summed E-state index contributed by atoms with van der Waals surface area (Å²) in [5.74, 6) is 0.810. The van der Waals surface area contributed by atoms with Crippen LogP contribution in [-0.2, 0) is 10.0 Å². The third-order valence-corrected chi connectivity index (χ3v) is 5.34. The molecule has 0 aliphatic carbocycles. The van der Waals surface area contributed by atoms with E-state index in [-0.39, 0.29) is 4.90 Å². The third-order valence-electron chi connectivity index (χ3n) is 3.96. The number of aryl methyl sites for hydroxylation is 4. The van der Waals surface area contributed by atoms with Crippen molar-refractivity contribution in [1.29, 1.82) is 0 Å². The van der Waals surface area contributed by atoms with Crippen molar-refractivity contribution in [3.63, 3.8) is 0 Å². The second-order valence-electron chi connectivity index (χ2n) is 5.88. The Morgan fingerprint density at radius 3 is 2.26 bits per heavy atom. The molecule has 1 heterocycles. The smallest absolute Gasteiger partial charge is 0.261 e. The molecule has 0 atom stereocenters. The van der Waals surface area contributed by atoms with E-state index in [0.717, 1.165) is 33.4 Å². The Labute approximate surface area is 136 Å². The summed E-state index contributed by atoms with van der Waals surface area (Å²) in [5, 5.41) is 0.934. The molecular formula is C18H19NO3S. The van der Waals surface area contributed by atoms with E-state index in [1.54, 1.807) is 24.3 Å². The van der Waals surface area contributed by atoms with Gasteiger partial charge in [-0.05, 0) is 63.1 Å². The zero-order valence-electron chi connectivity index (χ0n) is 13.6. The summed E-state index contributed by atoms with van der Waals surface area (Å²) in [6.45, 7) is 7.61. The Morgan fingerprint density at radius 1 is 0.957 bits per heavy atom. The monoisotopic (exact) mass is 329 g/mol. The van der Waals surface area contributed by atoms with Crippen LogP contribution in [0.3, 0.4) is 0 Å². The van der Waals surface area contributed by atoms with E-state index in [0.29, 0.717) is 5.69 Å². The van der Waals surface area contributed by atoms with Crippen molar-refractivity contribution in [2.24, 2.45) is 0 Å². The molecule has 1 N–H and O–H groups in total. The lowest BCUT2D eigenvalue weighted by Crippen LogP contribution is -2.14. The molecule has 3 aromatic rings. The van der Waals surface area contributed by atoms with Gasteiger partial charge in [0.15, 0.2) is 0 Å². The minimum Gasteiger partial charge on any atom is -0.461 e. The lowest BCUT2D eigenvalue weighted by atomic mass is 10.1. The quantitative estimate of drug-likeness (QED) is 0.771. The van der Waals surface area contributed by atoms with Gasteiger partial charge in [-0.3, -0.25) is 4.72 Å². The van der Waals surface area contributed by atoms with Gasteiger partial charge in [-0.2, -0.15) is 0 Å². The minimum absolute atomic E-state index is 0.253. The normalized spacial score (nSPS) is 11.8. The first-order valence-electron chi connectivity index (χ1n) is 7.38. The van der Waals surface area contributed by atoms with E-state index in [1.165, 1.54) is 0 Å². The number of furan rings is 1. The van der Waals surface area contributed by atoms with Crippen molar-refractivity contribution in [3.8, 4) is 0 Å². The van der Waals surface area contributed by atoms with Crippen LogP contribution in [0.5, 0.6) is 0 Å². The number of sulfonamides is 1. The van der Waals surface area contributed by atoms with Gasteiger partial charge in [-0.25, -0.2) is 8.42 Å². The number of nitrogens with one attached hydrogen (secondary N) is 1. The Morgan fingerprint density at radius 2 is 1.61 bits per heavy atom. The summed E-state index contributed by atoms with van der Waals surface area (Å²) in [7, 11) is -3.61. The summed E-state index contributed by atoms with van der Waals surface area (Å²) >= 11 is 0. The molecule has 23 heavy (non-hydrogen) atoms. The minimum atomic E-state index is -3.61. The fourth-order valence-corrected chi connectivity index (χ4v) is 3.76. The van der Waals surface area contributed by atoms with Crippen molar-refractivity contribution < 1.29 is 12.8 Å². The first kappa shape index (κ1) is 15.6. The van der Waals surface area contributed by atoms with Crippen LogP contribution in [0.4, 0.5) is 5.69 Å². The van der Waals surface area contributed by atoms with E-state index in [4.69, 9.17) is 4.42 Å². The molecule has 0 radical (unpaired) electrons. The van der Waals surface area contributed by atoms with Gasteiger partial charge in [0.25, 0.3) is 10.0 Å². The van der Waals surface area contributed by atoms with Crippen molar-refractivity contribution in [1.82, 2.24) is 0 Å². The highest BCUT2D eigenvalue weighted by atomic mass is 32.2. The number of benzene rings is 2. The first-order chi connectivity index (χ1) is 10.8. The number of hydrogen-bond acceptors (Lipinski definition) is 3. The van der Waals surface area contributed by atoms with Gasteiger partial charge in [0.1, 0.15) is 11.3 Å². The summed E-state index contributed by atoms with van der Waals surface area (Å²) in [4.78, 5) is 0.253. The first-order valence-corrected chi connectivity index (χ1v) is 8.86. The van der Waals surface area contributed by atoms with Crippen LogP contribution < -0.4 is 4.72 Å². The Balaban J connectivity index is 2.07. The second-order valence-corrected chi connectivity index (χ2v) is 7.57. The molecule has 0 bridgehead atoms. The topological polar surface area (TPSA) is 59.3 Å². The molecule has 0 spiro atoms. The molecule has 3 rings (SSSR count). The summed E-state index contributed by atoms with van der Waals surface area (Å²) in [5.41, 5.74) is 4.17.